The van der Waals surface area contributed by atoms with Crippen molar-refractivity contribution in [2.75, 3.05) is 0 Å². The first kappa shape index (κ1) is 8.32. The van der Waals surface area contributed by atoms with Gasteiger partial charge in [-0.05, 0) is 23.8 Å². The molecule has 2 rings (SSSR count). The lowest BCUT2D eigenvalue weighted by atomic mass is 10.1. The maximum absolute atomic E-state index is 5.77. The lowest BCUT2D eigenvalue weighted by Gasteiger charge is -1.97. The summed E-state index contributed by atoms with van der Waals surface area (Å²) in [5, 5.41) is 7.63. The van der Waals surface area contributed by atoms with Crippen LogP contribution in [-0.2, 0) is 6.42 Å². The average molecular weight is 193 g/mol. The largest absolute Gasteiger partial charge is 0.285 e. The van der Waals surface area contributed by atoms with E-state index in [1.54, 1.807) is 0 Å². The van der Waals surface area contributed by atoms with Crippen LogP contribution < -0.4 is 0 Å². The standard InChI is InChI=1S/C10H9ClN2/c11-9-3-1-8(2-4-9)7-10-5-6-12-13-10/h1-6H,7H2,(H,12,13). The predicted octanol–water partition coefficient (Wildman–Crippen LogP) is 2.65. The number of nitrogens with zero attached hydrogens (tertiary/aromatic N) is 1. The predicted molar refractivity (Wildman–Crippen MR) is 52.8 cm³/mol. The number of H-pyrrole nitrogens is 1. The van der Waals surface area contributed by atoms with Crippen LogP contribution in [0.1, 0.15) is 11.3 Å². The Morgan fingerprint density at radius 3 is 2.54 bits per heavy atom. The molecule has 66 valence electrons. The molecule has 0 saturated carbocycles. The second-order valence-corrected chi connectivity index (χ2v) is 3.31. The van der Waals surface area contributed by atoms with Crippen LogP contribution in [0.4, 0.5) is 0 Å². The normalized spacial score (nSPS) is 10.2. The number of hydrogen-bond acceptors (Lipinski definition) is 1. The second-order valence-electron chi connectivity index (χ2n) is 2.87. The summed E-state index contributed by atoms with van der Waals surface area (Å²) in [5.74, 6) is 0. The van der Waals surface area contributed by atoms with Crippen LogP contribution in [0.3, 0.4) is 0 Å². The van der Waals surface area contributed by atoms with Gasteiger partial charge in [0.15, 0.2) is 0 Å². The van der Waals surface area contributed by atoms with E-state index in [2.05, 4.69) is 10.2 Å². The highest BCUT2D eigenvalue weighted by atomic mass is 35.5. The fourth-order valence-corrected chi connectivity index (χ4v) is 1.33. The molecule has 0 unspecified atom stereocenters. The van der Waals surface area contributed by atoms with Crippen molar-refractivity contribution in [2.24, 2.45) is 0 Å². The van der Waals surface area contributed by atoms with E-state index in [0.717, 1.165) is 17.1 Å². The first-order valence-corrected chi connectivity index (χ1v) is 4.45. The molecule has 1 aromatic carbocycles. The number of rotatable bonds is 2. The third kappa shape index (κ3) is 2.10. The summed E-state index contributed by atoms with van der Waals surface area (Å²) in [6.45, 7) is 0. The van der Waals surface area contributed by atoms with Crippen LogP contribution in [-0.4, -0.2) is 10.2 Å². The zero-order valence-electron chi connectivity index (χ0n) is 7.00. The van der Waals surface area contributed by atoms with Crippen molar-refractivity contribution in [3.63, 3.8) is 0 Å². The monoisotopic (exact) mass is 192 g/mol. The summed E-state index contributed by atoms with van der Waals surface area (Å²) in [7, 11) is 0. The number of halogens is 1. The van der Waals surface area contributed by atoms with Gasteiger partial charge in [-0.1, -0.05) is 23.7 Å². The minimum absolute atomic E-state index is 0.769. The fraction of sp³-hybridized carbons (Fsp3) is 0.100. The van der Waals surface area contributed by atoms with Gasteiger partial charge in [-0.25, -0.2) is 0 Å². The lowest BCUT2D eigenvalue weighted by molar-refractivity contribution is 0.996. The van der Waals surface area contributed by atoms with Gasteiger partial charge in [-0.3, -0.25) is 5.10 Å². The third-order valence-electron chi connectivity index (χ3n) is 1.86. The Morgan fingerprint density at radius 2 is 1.92 bits per heavy atom. The summed E-state index contributed by atoms with van der Waals surface area (Å²) in [5.41, 5.74) is 2.26. The van der Waals surface area contributed by atoms with Crippen molar-refractivity contribution < 1.29 is 0 Å². The molecule has 1 heterocycles. The SMILES string of the molecule is Clc1ccc(Cc2cc[nH]n2)cc1. The van der Waals surface area contributed by atoms with Gasteiger partial charge in [0.2, 0.25) is 0 Å². The topological polar surface area (TPSA) is 28.7 Å². The number of hydrogen-bond donors (Lipinski definition) is 1. The molecule has 0 radical (unpaired) electrons. The van der Waals surface area contributed by atoms with Gasteiger partial charge in [-0.2, -0.15) is 5.10 Å². The highest BCUT2D eigenvalue weighted by Gasteiger charge is 1.97. The van der Waals surface area contributed by atoms with E-state index in [9.17, 15) is 0 Å². The summed E-state index contributed by atoms with van der Waals surface area (Å²) >= 11 is 5.77. The Morgan fingerprint density at radius 1 is 1.15 bits per heavy atom. The Kier molecular flexibility index (Phi) is 2.32. The van der Waals surface area contributed by atoms with E-state index in [0.29, 0.717) is 0 Å². The summed E-state index contributed by atoms with van der Waals surface area (Å²) < 4.78 is 0. The highest BCUT2D eigenvalue weighted by Crippen LogP contribution is 2.11. The van der Waals surface area contributed by atoms with E-state index >= 15 is 0 Å². The lowest BCUT2D eigenvalue weighted by Crippen LogP contribution is -1.87. The van der Waals surface area contributed by atoms with Crippen LogP contribution in [0.2, 0.25) is 5.02 Å². The molecular weight excluding hydrogens is 184 g/mol. The second kappa shape index (κ2) is 3.62. The van der Waals surface area contributed by atoms with Gasteiger partial charge in [-0.15, -0.1) is 0 Å². The Labute approximate surface area is 81.6 Å². The molecule has 2 aromatic rings. The molecule has 1 aromatic heterocycles. The summed E-state index contributed by atoms with van der Waals surface area (Å²) in [6.07, 6.45) is 2.67. The smallest absolute Gasteiger partial charge is 0.0665 e. The molecule has 3 heteroatoms. The van der Waals surface area contributed by atoms with E-state index in [4.69, 9.17) is 11.6 Å². The minimum Gasteiger partial charge on any atom is -0.285 e. The van der Waals surface area contributed by atoms with Gasteiger partial charge in [0, 0.05) is 17.6 Å². The van der Waals surface area contributed by atoms with Crippen molar-refractivity contribution in [1.29, 1.82) is 0 Å². The molecule has 0 bridgehead atoms. The molecule has 2 nitrogen and oxygen atoms in total. The average Bonchev–Trinajstić information content (AvgIpc) is 2.62. The van der Waals surface area contributed by atoms with Crippen molar-refractivity contribution >= 4 is 11.6 Å². The molecule has 0 saturated heterocycles. The molecule has 0 spiro atoms. The Hall–Kier alpha value is -1.28. The molecule has 0 aliphatic heterocycles. The number of benzene rings is 1. The van der Waals surface area contributed by atoms with Crippen molar-refractivity contribution in [3.8, 4) is 0 Å². The molecule has 13 heavy (non-hydrogen) atoms. The third-order valence-corrected chi connectivity index (χ3v) is 2.11. The van der Waals surface area contributed by atoms with Crippen LogP contribution in [0.25, 0.3) is 0 Å². The van der Waals surface area contributed by atoms with Crippen LogP contribution in [0.15, 0.2) is 36.5 Å². The summed E-state index contributed by atoms with van der Waals surface area (Å²) in [6, 6.07) is 9.77. The first-order valence-electron chi connectivity index (χ1n) is 4.08. The Bertz CT molecular complexity index is 364. The van der Waals surface area contributed by atoms with Gasteiger partial charge < -0.3 is 0 Å². The van der Waals surface area contributed by atoms with E-state index in [1.165, 1.54) is 5.56 Å². The van der Waals surface area contributed by atoms with Crippen molar-refractivity contribution in [2.45, 2.75) is 6.42 Å². The highest BCUT2D eigenvalue weighted by molar-refractivity contribution is 6.30. The van der Waals surface area contributed by atoms with Crippen LogP contribution in [0.5, 0.6) is 0 Å². The molecular formula is C10H9ClN2. The molecule has 0 amide bonds. The number of nitrogens with one attached hydrogen (secondary N) is 1. The van der Waals surface area contributed by atoms with E-state index in [-0.39, 0.29) is 0 Å². The molecule has 0 atom stereocenters. The quantitative estimate of drug-likeness (QED) is 0.779. The van der Waals surface area contributed by atoms with Gasteiger partial charge >= 0.3 is 0 Å². The number of aromatic nitrogens is 2. The number of aromatic amines is 1. The van der Waals surface area contributed by atoms with Crippen LogP contribution in [0, 0.1) is 0 Å². The van der Waals surface area contributed by atoms with Gasteiger partial charge in [0.25, 0.3) is 0 Å². The molecule has 0 fully saturated rings. The van der Waals surface area contributed by atoms with Gasteiger partial charge in [0.05, 0.1) is 5.69 Å². The molecule has 1 N–H and O–H groups in total. The van der Waals surface area contributed by atoms with Crippen molar-refractivity contribution in [1.82, 2.24) is 10.2 Å². The van der Waals surface area contributed by atoms with Crippen molar-refractivity contribution in [3.05, 3.63) is 52.8 Å². The first-order chi connectivity index (χ1) is 6.34. The molecule has 0 aliphatic rings. The van der Waals surface area contributed by atoms with Gasteiger partial charge in [0.1, 0.15) is 0 Å². The fourth-order valence-electron chi connectivity index (χ4n) is 1.20. The van der Waals surface area contributed by atoms with E-state index < -0.39 is 0 Å². The summed E-state index contributed by atoms with van der Waals surface area (Å²) in [4.78, 5) is 0. The zero-order valence-corrected chi connectivity index (χ0v) is 7.75. The zero-order chi connectivity index (χ0) is 9.10. The maximum Gasteiger partial charge on any atom is 0.0665 e. The maximum atomic E-state index is 5.77. The van der Waals surface area contributed by atoms with Crippen LogP contribution >= 0.6 is 11.6 Å². The molecule has 0 aliphatic carbocycles. The Balaban J connectivity index is 2.15. The minimum atomic E-state index is 0.769. The van der Waals surface area contributed by atoms with E-state index in [1.807, 2.05) is 36.5 Å².